The number of thiazole rings is 1. The van der Waals surface area contributed by atoms with E-state index in [1.54, 1.807) is 48.6 Å². The fourth-order valence-electron chi connectivity index (χ4n) is 10.1. The first kappa shape index (κ1) is 67.1. The van der Waals surface area contributed by atoms with Gasteiger partial charge in [-0.2, -0.15) is 11.8 Å². The van der Waals surface area contributed by atoms with Gasteiger partial charge in [0.25, 0.3) is 0 Å². The normalized spacial score (nSPS) is 26.6. The third-order valence-electron chi connectivity index (χ3n) is 14.7. The van der Waals surface area contributed by atoms with E-state index in [-0.39, 0.29) is 69.9 Å². The Balaban J connectivity index is 1.32. The number of aromatic nitrogens is 4. The minimum absolute atomic E-state index is 0.00467. The lowest BCUT2D eigenvalue weighted by atomic mass is 10.0. The molecule has 29 heteroatoms. The van der Waals surface area contributed by atoms with Crippen molar-refractivity contribution in [2.24, 2.45) is 5.92 Å². The lowest BCUT2D eigenvalue weighted by Crippen LogP contribution is -2.61. The fourth-order valence-corrected chi connectivity index (χ4v) is 11.1. The van der Waals surface area contributed by atoms with E-state index in [1.165, 1.54) is 40.5 Å². The standard InChI is InChI=1S/C56H83N15O12S2/c1-6-36-47(75)60-28-45(72)63-37(15-16-46(73)74)49(77)65-38(17-21-84-5)50(78)67-41(22-32-13-14-32)51(79)66-40(23-33-10-7-18-57-26-33)48(76)59-19-8-11-39(70-56(2,3)4)55(83)71-20-9-12-44(71)54(82)69-43(25-35-29-85-31-62-35)53(81)68-42(52(80)64-36)24-34-27-58-30-61-34/h7,10,18,26-27,29-32,36-44,53,68,70,81H,6,8-9,11-17,19-25,28H2,1-5H3,(H,58,61)(H,59,76)(H,60,75)(H,63,72)(H,64,80)(H,65,77)(H,66,79)(H,67,78)(H,69,82)(H,73,74)/t36-,37-,38-,39-,40-,41-,42-,43-,44+,53?/m0/s1. The molecule has 466 valence electrons. The predicted molar refractivity (Wildman–Crippen MR) is 315 cm³/mol. The number of imidazole rings is 1. The van der Waals surface area contributed by atoms with Gasteiger partial charge < -0.3 is 67.9 Å². The van der Waals surface area contributed by atoms with Gasteiger partial charge in [0, 0.05) is 74.0 Å². The number of fused-ring (bicyclic) bond motifs is 1. The number of carbonyl (C=O) groups is 10. The van der Waals surface area contributed by atoms with Crippen LogP contribution < -0.4 is 53.2 Å². The summed E-state index contributed by atoms with van der Waals surface area (Å²) in [5.41, 5.74) is 2.65. The third kappa shape index (κ3) is 22.1. The summed E-state index contributed by atoms with van der Waals surface area (Å²) in [6, 6.07) is -7.03. The molecule has 10 atom stereocenters. The number of thioether (sulfide) groups is 1. The number of aromatic amines is 1. The van der Waals surface area contributed by atoms with Gasteiger partial charge in [0.2, 0.25) is 53.2 Å². The number of nitrogens with zero attached hydrogens (tertiary/aromatic N) is 4. The van der Waals surface area contributed by atoms with Gasteiger partial charge in [0.05, 0.1) is 42.2 Å². The lowest BCUT2D eigenvalue weighted by Gasteiger charge is -2.34. The first-order chi connectivity index (χ1) is 40.6. The Hall–Kier alpha value is -7.08. The van der Waals surface area contributed by atoms with Crippen LogP contribution in [0.1, 0.15) is 115 Å². The zero-order valence-corrected chi connectivity index (χ0v) is 50.4. The number of aliphatic hydroxyl groups is 1. The van der Waals surface area contributed by atoms with Gasteiger partial charge in [0.1, 0.15) is 42.5 Å². The molecule has 27 nitrogen and oxygen atoms in total. The molecule has 3 aromatic rings. The highest BCUT2D eigenvalue weighted by Gasteiger charge is 2.41. The predicted octanol–water partition coefficient (Wildman–Crippen LogP) is -0.924. The molecule has 0 bridgehead atoms. The minimum atomic E-state index is -1.63. The second-order valence-corrected chi connectivity index (χ2v) is 24.5. The molecule has 0 radical (unpaired) electrons. The Morgan fingerprint density at radius 2 is 1.46 bits per heavy atom. The van der Waals surface area contributed by atoms with Gasteiger partial charge in [-0.3, -0.25) is 58.2 Å². The van der Waals surface area contributed by atoms with E-state index in [0.717, 1.165) is 12.8 Å². The molecule has 5 heterocycles. The van der Waals surface area contributed by atoms with E-state index < -0.39 is 139 Å². The average Bonchev–Trinajstić information content (AvgIpc) is 3.90. The first-order valence-corrected chi connectivity index (χ1v) is 31.3. The molecule has 1 unspecified atom stereocenters. The Kier molecular flexibility index (Phi) is 26.0. The van der Waals surface area contributed by atoms with Crippen LogP contribution in [0.4, 0.5) is 0 Å². The summed E-state index contributed by atoms with van der Waals surface area (Å²) in [6.07, 6.45) is 8.39. The second kappa shape index (κ2) is 33.0. The molecule has 9 amide bonds. The number of hydrogen-bond donors (Lipinski definition) is 13. The van der Waals surface area contributed by atoms with Gasteiger partial charge in [0.15, 0.2) is 0 Å². The number of hydrogen-bond acceptors (Lipinski definition) is 18. The number of nitrogens with one attached hydrogen (secondary N) is 11. The van der Waals surface area contributed by atoms with Crippen LogP contribution in [0.15, 0.2) is 47.9 Å². The van der Waals surface area contributed by atoms with Crippen molar-refractivity contribution in [3.05, 3.63) is 64.9 Å². The maximum absolute atomic E-state index is 14.7. The average molecular weight is 1220 g/mol. The van der Waals surface area contributed by atoms with E-state index >= 15 is 0 Å². The molecule has 3 fully saturated rings. The van der Waals surface area contributed by atoms with Crippen molar-refractivity contribution in [1.29, 1.82) is 0 Å². The van der Waals surface area contributed by atoms with Crippen molar-refractivity contribution >= 4 is 82.2 Å². The molecule has 3 aromatic heterocycles. The summed E-state index contributed by atoms with van der Waals surface area (Å²) < 4.78 is 0. The fraction of sp³-hybridized carbons (Fsp3) is 0.625. The van der Waals surface area contributed by atoms with Crippen LogP contribution in [0.25, 0.3) is 0 Å². The van der Waals surface area contributed by atoms with Crippen molar-refractivity contribution in [3.63, 3.8) is 0 Å². The zero-order chi connectivity index (χ0) is 61.6. The number of amides is 9. The van der Waals surface area contributed by atoms with E-state index in [2.05, 4.69) is 73.1 Å². The summed E-state index contributed by atoms with van der Waals surface area (Å²) in [5, 5.41) is 51.5. The number of H-pyrrole nitrogens is 1. The summed E-state index contributed by atoms with van der Waals surface area (Å²) in [5.74, 6) is -7.02. The van der Waals surface area contributed by atoms with E-state index in [9.17, 15) is 58.2 Å². The van der Waals surface area contributed by atoms with Crippen LogP contribution in [-0.4, -0.2) is 192 Å². The van der Waals surface area contributed by atoms with Crippen LogP contribution in [0.2, 0.25) is 0 Å². The number of rotatable bonds is 16. The second-order valence-electron chi connectivity index (χ2n) is 22.8. The highest BCUT2D eigenvalue weighted by molar-refractivity contribution is 7.98. The SMILES string of the molecule is CC[C@@H]1NC(=O)[C@H](Cc2cnc[nH]2)NC(O)[C@H](Cc2cscn2)NC(=O)[C@H]2CCCN2C(=O)[C@@H](NC(C)(C)C)CCCNC(=O)[C@H](Cc2cccnc2)NC(=O)[C@H](CC2CC2)NC(=O)[C@H](CCSC)NC(=O)[C@H](CCC(=O)O)NC(=O)CNC1=O. The van der Waals surface area contributed by atoms with Gasteiger partial charge in [-0.25, -0.2) is 9.97 Å². The third-order valence-corrected chi connectivity index (χ3v) is 16.0. The maximum Gasteiger partial charge on any atom is 0.303 e. The Morgan fingerprint density at radius 1 is 0.765 bits per heavy atom. The van der Waals surface area contributed by atoms with Crippen molar-refractivity contribution in [3.8, 4) is 0 Å². The van der Waals surface area contributed by atoms with Crippen LogP contribution in [0, 0.1) is 5.92 Å². The smallest absolute Gasteiger partial charge is 0.303 e. The number of aliphatic hydroxyl groups excluding tert-OH is 1. The maximum atomic E-state index is 14.7. The quantitative estimate of drug-likeness (QED) is 0.0824. The highest BCUT2D eigenvalue weighted by atomic mass is 32.2. The molecule has 1 saturated carbocycles. The molecule has 0 spiro atoms. The van der Waals surface area contributed by atoms with Crippen molar-refractivity contribution in [1.82, 2.24) is 78.0 Å². The molecule has 85 heavy (non-hydrogen) atoms. The largest absolute Gasteiger partial charge is 0.481 e. The Bertz CT molecular complexity index is 2720. The topological polar surface area (TPSA) is 389 Å². The molecular formula is C56H83N15O12S2. The number of carboxylic acid groups (broad SMARTS) is 1. The molecule has 3 aliphatic rings. The van der Waals surface area contributed by atoms with Crippen LogP contribution in [0.5, 0.6) is 0 Å². The number of aliphatic carboxylic acids is 1. The van der Waals surface area contributed by atoms with Crippen molar-refractivity contribution in [2.75, 3.05) is 31.6 Å². The summed E-state index contributed by atoms with van der Waals surface area (Å²) in [6.45, 7) is 6.94. The molecule has 13 N–H and O–H groups in total. The molecule has 1 aliphatic carbocycles. The monoisotopic (exact) mass is 1220 g/mol. The summed E-state index contributed by atoms with van der Waals surface area (Å²) in [7, 11) is 0. The van der Waals surface area contributed by atoms with Gasteiger partial charge in [-0.1, -0.05) is 25.8 Å². The Labute approximate surface area is 502 Å². The molecule has 2 saturated heterocycles. The van der Waals surface area contributed by atoms with Crippen molar-refractivity contribution < 1.29 is 58.2 Å². The van der Waals surface area contributed by atoms with Gasteiger partial charge in [-0.05, 0) is 102 Å². The molecular weight excluding hydrogens is 1140 g/mol. The van der Waals surface area contributed by atoms with E-state index in [0.29, 0.717) is 42.0 Å². The van der Waals surface area contributed by atoms with Gasteiger partial charge >= 0.3 is 5.97 Å². The lowest BCUT2D eigenvalue weighted by molar-refractivity contribution is -0.141. The van der Waals surface area contributed by atoms with Crippen LogP contribution in [0.3, 0.4) is 0 Å². The van der Waals surface area contributed by atoms with Crippen LogP contribution >= 0.6 is 23.1 Å². The number of carboxylic acids is 1. The number of carbonyl (C=O) groups excluding carboxylic acids is 9. The highest BCUT2D eigenvalue weighted by Crippen LogP contribution is 2.34. The van der Waals surface area contributed by atoms with E-state index in [1.807, 2.05) is 20.8 Å². The first-order valence-electron chi connectivity index (χ1n) is 28.9. The van der Waals surface area contributed by atoms with E-state index in [4.69, 9.17) is 0 Å². The summed E-state index contributed by atoms with van der Waals surface area (Å²) in [4.78, 5) is 157. The van der Waals surface area contributed by atoms with Crippen LogP contribution in [-0.2, 0) is 67.2 Å². The molecule has 2 aliphatic heterocycles. The van der Waals surface area contributed by atoms with Gasteiger partial charge in [-0.15, -0.1) is 11.3 Å². The minimum Gasteiger partial charge on any atom is -0.481 e. The Morgan fingerprint density at radius 3 is 2.11 bits per heavy atom. The zero-order valence-electron chi connectivity index (χ0n) is 48.8. The van der Waals surface area contributed by atoms with Crippen molar-refractivity contribution in [2.45, 2.75) is 184 Å². The molecule has 0 aromatic carbocycles. The summed E-state index contributed by atoms with van der Waals surface area (Å²) >= 11 is 2.68. The number of pyridine rings is 1. The molecule has 6 rings (SSSR count).